The van der Waals surface area contributed by atoms with E-state index in [0.29, 0.717) is 17.1 Å². The molecule has 1 atom stereocenters. The monoisotopic (exact) mass is 275 g/mol. The van der Waals surface area contributed by atoms with Crippen LogP contribution in [0.15, 0.2) is 23.1 Å². The highest BCUT2D eigenvalue weighted by atomic mass is 32.2. The van der Waals surface area contributed by atoms with Crippen LogP contribution in [0.1, 0.15) is 20.3 Å². The lowest BCUT2D eigenvalue weighted by Crippen LogP contribution is -2.46. The van der Waals surface area contributed by atoms with Gasteiger partial charge in [-0.2, -0.15) is 0 Å². The van der Waals surface area contributed by atoms with Gasteiger partial charge in [-0.15, -0.1) is 11.8 Å². The van der Waals surface area contributed by atoms with E-state index in [2.05, 4.69) is 5.32 Å². The molecule has 0 bridgehead atoms. The minimum absolute atomic E-state index is 0.0209. The molecule has 1 aromatic carbocycles. The summed E-state index contributed by atoms with van der Waals surface area (Å²) in [7, 11) is 0. The number of hydrogen-bond donors (Lipinski definition) is 2. The van der Waals surface area contributed by atoms with Crippen LogP contribution in [-0.2, 0) is 0 Å². The van der Waals surface area contributed by atoms with Crippen LogP contribution in [0.5, 0.6) is 0 Å². The Balaban J connectivity index is 2.52. The molecule has 0 aliphatic rings. The molecule has 0 saturated carbocycles. The number of nitrogens with one attached hydrogen (secondary N) is 1. The number of rotatable bonds is 7. The molecule has 1 aromatic rings. The smallest absolute Gasteiger partial charge is 0.136 e. The Bertz CT molecular complexity index is 389. The molecule has 0 amide bonds. The maximum atomic E-state index is 13.4. The van der Waals surface area contributed by atoms with Crippen molar-refractivity contribution < 1.29 is 13.9 Å². The van der Waals surface area contributed by atoms with Crippen molar-refractivity contribution in [3.63, 3.8) is 0 Å². The Labute approximate surface area is 111 Å². The minimum atomic E-state index is -0.435. The second kappa shape index (κ2) is 7.07. The summed E-state index contributed by atoms with van der Waals surface area (Å²) in [6.45, 7) is 4.66. The van der Waals surface area contributed by atoms with E-state index in [9.17, 15) is 13.9 Å². The van der Waals surface area contributed by atoms with Gasteiger partial charge in [0.15, 0.2) is 0 Å². The first-order valence-electron chi connectivity index (χ1n) is 5.94. The first kappa shape index (κ1) is 15.4. The lowest BCUT2D eigenvalue weighted by Gasteiger charge is -2.28. The number of aliphatic hydroxyl groups excluding tert-OH is 1. The summed E-state index contributed by atoms with van der Waals surface area (Å²) in [4.78, 5) is 0.312. The normalized spacial score (nSPS) is 14.5. The summed E-state index contributed by atoms with van der Waals surface area (Å²) in [6.07, 6.45) is 0.679. The number of halogens is 2. The maximum absolute atomic E-state index is 13.4. The summed E-state index contributed by atoms with van der Waals surface area (Å²) >= 11 is 1.26. The van der Waals surface area contributed by atoms with Gasteiger partial charge in [0, 0.05) is 10.4 Å². The standard InChI is InChI=1S/C13H19F2NOS/c1-3-16-13(2,9-17)6-7-18-12-8-10(14)4-5-11(12)15/h4-5,8,16-17H,3,6-7,9H2,1-2H3. The van der Waals surface area contributed by atoms with Crippen LogP contribution in [0, 0.1) is 11.6 Å². The molecular formula is C13H19F2NOS. The van der Waals surface area contributed by atoms with Gasteiger partial charge in [0.25, 0.3) is 0 Å². The maximum Gasteiger partial charge on any atom is 0.136 e. The summed E-state index contributed by atoms with van der Waals surface area (Å²) in [5.74, 6) is -0.226. The van der Waals surface area contributed by atoms with Crippen molar-refractivity contribution in [1.82, 2.24) is 5.32 Å². The second-order valence-corrected chi connectivity index (χ2v) is 5.56. The van der Waals surface area contributed by atoms with Crippen LogP contribution in [-0.4, -0.2) is 29.5 Å². The SMILES string of the molecule is CCNC(C)(CO)CCSc1cc(F)ccc1F. The molecule has 0 aliphatic heterocycles. The minimum Gasteiger partial charge on any atom is -0.394 e. The predicted octanol–water partition coefficient (Wildman–Crippen LogP) is 2.81. The Morgan fingerprint density at radius 2 is 2.11 bits per heavy atom. The Hall–Kier alpha value is -0.650. The first-order valence-corrected chi connectivity index (χ1v) is 6.93. The fourth-order valence-electron chi connectivity index (χ4n) is 1.62. The molecule has 0 aromatic heterocycles. The molecule has 1 unspecified atom stereocenters. The van der Waals surface area contributed by atoms with E-state index < -0.39 is 11.6 Å². The van der Waals surface area contributed by atoms with E-state index >= 15 is 0 Å². The van der Waals surface area contributed by atoms with Crippen LogP contribution < -0.4 is 5.32 Å². The third kappa shape index (κ3) is 4.55. The molecule has 0 aliphatic carbocycles. The molecule has 0 saturated heterocycles. The van der Waals surface area contributed by atoms with Crippen molar-refractivity contribution in [3.8, 4) is 0 Å². The number of likely N-dealkylation sites (N-methyl/N-ethyl adjacent to an activating group) is 1. The Morgan fingerprint density at radius 1 is 1.39 bits per heavy atom. The van der Waals surface area contributed by atoms with Gasteiger partial charge in [0.2, 0.25) is 0 Å². The molecule has 102 valence electrons. The summed E-state index contributed by atoms with van der Waals surface area (Å²) in [6, 6.07) is 3.44. The molecule has 1 rings (SSSR count). The number of aliphatic hydroxyl groups is 1. The van der Waals surface area contributed by atoms with Gasteiger partial charge >= 0.3 is 0 Å². The molecule has 18 heavy (non-hydrogen) atoms. The van der Waals surface area contributed by atoms with Crippen LogP contribution >= 0.6 is 11.8 Å². The van der Waals surface area contributed by atoms with Gasteiger partial charge in [0.05, 0.1) is 6.61 Å². The van der Waals surface area contributed by atoms with E-state index in [1.807, 2.05) is 13.8 Å². The van der Waals surface area contributed by atoms with Crippen molar-refractivity contribution in [1.29, 1.82) is 0 Å². The lowest BCUT2D eigenvalue weighted by molar-refractivity contribution is 0.173. The van der Waals surface area contributed by atoms with Gasteiger partial charge in [-0.3, -0.25) is 0 Å². The second-order valence-electron chi connectivity index (χ2n) is 4.42. The average molecular weight is 275 g/mol. The number of hydrogen-bond acceptors (Lipinski definition) is 3. The molecular weight excluding hydrogens is 256 g/mol. The largest absolute Gasteiger partial charge is 0.394 e. The molecule has 2 N–H and O–H groups in total. The molecule has 2 nitrogen and oxygen atoms in total. The number of thioether (sulfide) groups is 1. The first-order chi connectivity index (χ1) is 8.50. The third-order valence-electron chi connectivity index (χ3n) is 2.76. The van der Waals surface area contributed by atoms with Crippen LogP contribution in [0.3, 0.4) is 0 Å². The van der Waals surface area contributed by atoms with E-state index in [4.69, 9.17) is 0 Å². The van der Waals surface area contributed by atoms with Crippen molar-refractivity contribution in [3.05, 3.63) is 29.8 Å². The topological polar surface area (TPSA) is 32.3 Å². The van der Waals surface area contributed by atoms with Gasteiger partial charge in [0.1, 0.15) is 11.6 Å². The fourth-order valence-corrected chi connectivity index (χ4v) is 2.80. The van der Waals surface area contributed by atoms with Gasteiger partial charge in [-0.25, -0.2) is 8.78 Å². The molecule has 5 heteroatoms. The van der Waals surface area contributed by atoms with Crippen molar-refractivity contribution in [2.24, 2.45) is 0 Å². The summed E-state index contributed by atoms with van der Waals surface area (Å²) in [5, 5.41) is 12.5. The van der Waals surface area contributed by atoms with E-state index in [0.717, 1.165) is 18.7 Å². The number of benzene rings is 1. The van der Waals surface area contributed by atoms with Crippen molar-refractivity contribution in [2.45, 2.75) is 30.7 Å². The van der Waals surface area contributed by atoms with E-state index in [1.54, 1.807) is 0 Å². The van der Waals surface area contributed by atoms with Gasteiger partial charge < -0.3 is 10.4 Å². The third-order valence-corrected chi connectivity index (χ3v) is 3.79. The van der Waals surface area contributed by atoms with Gasteiger partial charge in [-0.1, -0.05) is 6.92 Å². The van der Waals surface area contributed by atoms with Gasteiger partial charge in [-0.05, 0) is 43.8 Å². The zero-order chi connectivity index (χ0) is 13.6. The average Bonchev–Trinajstić information content (AvgIpc) is 2.34. The van der Waals surface area contributed by atoms with Crippen molar-refractivity contribution in [2.75, 3.05) is 18.9 Å². The molecule has 0 spiro atoms. The quantitative estimate of drug-likeness (QED) is 0.751. The zero-order valence-electron chi connectivity index (χ0n) is 10.7. The lowest BCUT2D eigenvalue weighted by atomic mass is 10.0. The highest BCUT2D eigenvalue weighted by Gasteiger charge is 2.21. The zero-order valence-corrected chi connectivity index (χ0v) is 11.5. The fraction of sp³-hybridized carbons (Fsp3) is 0.538. The highest BCUT2D eigenvalue weighted by molar-refractivity contribution is 7.99. The van der Waals surface area contributed by atoms with E-state index in [1.165, 1.54) is 17.8 Å². The molecule has 0 radical (unpaired) electrons. The van der Waals surface area contributed by atoms with Crippen molar-refractivity contribution >= 4 is 11.8 Å². The highest BCUT2D eigenvalue weighted by Crippen LogP contribution is 2.25. The van der Waals surface area contributed by atoms with Crippen LogP contribution in [0.2, 0.25) is 0 Å². The summed E-state index contributed by atoms with van der Waals surface area (Å²) < 4.78 is 26.3. The van der Waals surface area contributed by atoms with E-state index in [-0.39, 0.29) is 12.1 Å². The van der Waals surface area contributed by atoms with Crippen LogP contribution in [0.25, 0.3) is 0 Å². The Kier molecular flexibility index (Phi) is 6.05. The summed E-state index contributed by atoms with van der Waals surface area (Å²) in [5.41, 5.74) is -0.369. The predicted molar refractivity (Wildman–Crippen MR) is 70.9 cm³/mol. The molecule has 0 heterocycles. The molecule has 0 fully saturated rings. The van der Waals surface area contributed by atoms with Crippen LogP contribution in [0.4, 0.5) is 8.78 Å². The Morgan fingerprint density at radius 3 is 2.72 bits per heavy atom.